The SMILES string of the molecule is CCN(CC)CCCNC(=O)CCC(=O)N1Cc2cccc(OC)c2Oc2ncccc21. The van der Waals surface area contributed by atoms with Crippen LogP contribution < -0.4 is 19.7 Å². The van der Waals surface area contributed by atoms with E-state index in [9.17, 15) is 9.59 Å². The van der Waals surface area contributed by atoms with E-state index in [1.54, 1.807) is 30.3 Å². The minimum Gasteiger partial charge on any atom is -0.493 e. The van der Waals surface area contributed by atoms with Crippen LogP contribution in [-0.4, -0.2) is 55.0 Å². The van der Waals surface area contributed by atoms with Crippen molar-refractivity contribution in [2.75, 3.05) is 38.2 Å². The highest BCUT2D eigenvalue weighted by Gasteiger charge is 2.28. The lowest BCUT2D eigenvalue weighted by molar-refractivity contribution is -0.125. The zero-order valence-electron chi connectivity index (χ0n) is 19.1. The van der Waals surface area contributed by atoms with Gasteiger partial charge in [0.25, 0.3) is 0 Å². The van der Waals surface area contributed by atoms with Crippen LogP contribution in [0.5, 0.6) is 17.4 Å². The molecule has 2 aromatic rings. The Kier molecular flexibility index (Phi) is 8.44. The zero-order valence-corrected chi connectivity index (χ0v) is 19.1. The number of para-hydroxylation sites is 1. The van der Waals surface area contributed by atoms with E-state index in [-0.39, 0.29) is 24.7 Å². The number of nitrogens with zero attached hydrogens (tertiary/aromatic N) is 3. The summed E-state index contributed by atoms with van der Waals surface area (Å²) in [4.78, 5) is 33.6. The molecule has 1 aliphatic heterocycles. The number of benzene rings is 1. The van der Waals surface area contributed by atoms with Gasteiger partial charge < -0.3 is 24.6 Å². The van der Waals surface area contributed by atoms with E-state index in [0.717, 1.165) is 31.6 Å². The number of fused-ring (bicyclic) bond motifs is 2. The molecule has 0 unspecified atom stereocenters. The second kappa shape index (κ2) is 11.5. The minimum atomic E-state index is -0.156. The van der Waals surface area contributed by atoms with Crippen molar-refractivity contribution in [2.24, 2.45) is 0 Å². The molecule has 8 heteroatoms. The molecule has 32 heavy (non-hydrogen) atoms. The highest BCUT2D eigenvalue weighted by Crippen LogP contribution is 2.42. The topological polar surface area (TPSA) is 84.0 Å². The first-order valence-electron chi connectivity index (χ1n) is 11.2. The number of aromatic nitrogens is 1. The van der Waals surface area contributed by atoms with Gasteiger partial charge in [-0.15, -0.1) is 0 Å². The first kappa shape index (κ1) is 23.5. The van der Waals surface area contributed by atoms with E-state index in [1.165, 1.54) is 0 Å². The number of anilines is 1. The number of carbonyl (C=O) groups excluding carboxylic acids is 2. The molecule has 0 saturated heterocycles. The van der Waals surface area contributed by atoms with E-state index >= 15 is 0 Å². The third-order valence-corrected chi connectivity index (χ3v) is 5.58. The number of amides is 2. The summed E-state index contributed by atoms with van der Waals surface area (Å²) in [5.74, 6) is 1.20. The third kappa shape index (κ3) is 5.76. The number of nitrogens with one attached hydrogen (secondary N) is 1. The standard InChI is InChI=1S/C24H32N4O4/c1-4-27(5-2)16-8-15-25-21(29)12-13-22(30)28-17-18-9-6-11-20(31-3)23(18)32-24-19(28)10-7-14-26-24/h6-7,9-11,14H,4-5,8,12-13,15-17H2,1-3H3,(H,25,29). The Bertz CT molecular complexity index is 930. The first-order chi connectivity index (χ1) is 15.6. The van der Waals surface area contributed by atoms with Crippen LogP contribution in [0.15, 0.2) is 36.5 Å². The second-order valence-corrected chi connectivity index (χ2v) is 7.59. The number of methoxy groups -OCH3 is 1. The van der Waals surface area contributed by atoms with Crippen LogP contribution in [0.3, 0.4) is 0 Å². The molecular formula is C24H32N4O4. The van der Waals surface area contributed by atoms with Crippen LogP contribution in [0.25, 0.3) is 0 Å². The lowest BCUT2D eigenvalue weighted by Gasteiger charge is -2.21. The third-order valence-electron chi connectivity index (χ3n) is 5.58. The van der Waals surface area contributed by atoms with Crippen LogP contribution in [0.2, 0.25) is 0 Å². The molecule has 1 aromatic heterocycles. The van der Waals surface area contributed by atoms with Gasteiger partial charge in [-0.3, -0.25) is 9.59 Å². The Morgan fingerprint density at radius 3 is 2.75 bits per heavy atom. The molecule has 1 aromatic carbocycles. The Hall–Kier alpha value is -3.13. The van der Waals surface area contributed by atoms with Gasteiger partial charge in [0, 0.05) is 31.1 Å². The van der Waals surface area contributed by atoms with Gasteiger partial charge in [-0.2, -0.15) is 0 Å². The zero-order chi connectivity index (χ0) is 22.9. The fraction of sp³-hybridized carbons (Fsp3) is 0.458. The molecule has 2 heterocycles. The Labute approximate surface area is 189 Å². The lowest BCUT2D eigenvalue weighted by atomic mass is 10.1. The smallest absolute Gasteiger partial charge is 0.243 e. The molecule has 0 fully saturated rings. The molecule has 0 radical (unpaired) electrons. The van der Waals surface area contributed by atoms with Gasteiger partial charge in [-0.05, 0) is 44.3 Å². The van der Waals surface area contributed by atoms with Crippen molar-refractivity contribution in [1.29, 1.82) is 0 Å². The van der Waals surface area contributed by atoms with Crippen molar-refractivity contribution in [1.82, 2.24) is 15.2 Å². The quantitative estimate of drug-likeness (QED) is 0.571. The van der Waals surface area contributed by atoms with E-state index in [4.69, 9.17) is 9.47 Å². The maximum atomic E-state index is 13.1. The highest BCUT2D eigenvalue weighted by molar-refractivity contribution is 5.96. The predicted octanol–water partition coefficient (Wildman–Crippen LogP) is 3.36. The van der Waals surface area contributed by atoms with Gasteiger partial charge >= 0.3 is 0 Å². The number of carbonyl (C=O) groups is 2. The van der Waals surface area contributed by atoms with Crippen molar-refractivity contribution in [3.05, 3.63) is 42.1 Å². The average molecular weight is 441 g/mol. The van der Waals surface area contributed by atoms with Crippen LogP contribution >= 0.6 is 0 Å². The minimum absolute atomic E-state index is 0.107. The van der Waals surface area contributed by atoms with E-state index < -0.39 is 0 Å². The van der Waals surface area contributed by atoms with Gasteiger partial charge in [0.1, 0.15) is 5.69 Å². The lowest BCUT2D eigenvalue weighted by Crippen LogP contribution is -2.33. The van der Waals surface area contributed by atoms with Crippen molar-refractivity contribution in [3.63, 3.8) is 0 Å². The normalized spacial score (nSPS) is 12.4. The molecule has 0 saturated carbocycles. The van der Waals surface area contributed by atoms with Gasteiger partial charge in [0.2, 0.25) is 17.7 Å². The van der Waals surface area contributed by atoms with E-state index in [1.807, 2.05) is 18.2 Å². The maximum Gasteiger partial charge on any atom is 0.243 e. The summed E-state index contributed by atoms with van der Waals surface area (Å²) < 4.78 is 11.4. The molecule has 1 aliphatic rings. The van der Waals surface area contributed by atoms with Gasteiger partial charge in [-0.1, -0.05) is 26.0 Å². The molecule has 0 atom stereocenters. The molecular weight excluding hydrogens is 408 g/mol. The Morgan fingerprint density at radius 2 is 2.00 bits per heavy atom. The Morgan fingerprint density at radius 1 is 1.19 bits per heavy atom. The molecule has 172 valence electrons. The van der Waals surface area contributed by atoms with E-state index in [2.05, 4.69) is 29.0 Å². The fourth-order valence-electron chi connectivity index (χ4n) is 3.72. The molecule has 1 N–H and O–H groups in total. The number of hydrogen-bond acceptors (Lipinski definition) is 6. The molecule has 0 spiro atoms. The van der Waals surface area contributed by atoms with Crippen LogP contribution in [0.4, 0.5) is 5.69 Å². The Balaban J connectivity index is 1.62. The summed E-state index contributed by atoms with van der Waals surface area (Å²) in [6, 6.07) is 9.12. The van der Waals surface area contributed by atoms with Crippen molar-refractivity contribution in [2.45, 2.75) is 39.7 Å². The maximum absolute atomic E-state index is 13.1. The van der Waals surface area contributed by atoms with Gasteiger partial charge in [-0.25, -0.2) is 4.98 Å². The number of hydrogen-bond donors (Lipinski definition) is 1. The van der Waals surface area contributed by atoms with Crippen molar-refractivity contribution in [3.8, 4) is 17.4 Å². The van der Waals surface area contributed by atoms with Gasteiger partial charge in [0.15, 0.2) is 11.5 Å². The van der Waals surface area contributed by atoms with E-state index in [0.29, 0.717) is 36.2 Å². The fourth-order valence-corrected chi connectivity index (χ4v) is 3.72. The van der Waals surface area contributed by atoms with Crippen LogP contribution in [0, 0.1) is 0 Å². The average Bonchev–Trinajstić information content (AvgIpc) is 2.99. The monoisotopic (exact) mass is 440 g/mol. The van der Waals surface area contributed by atoms with Crippen molar-refractivity contribution < 1.29 is 19.1 Å². The van der Waals surface area contributed by atoms with Crippen molar-refractivity contribution >= 4 is 17.5 Å². The molecule has 2 amide bonds. The summed E-state index contributed by atoms with van der Waals surface area (Å²) in [6.45, 7) is 8.14. The summed E-state index contributed by atoms with van der Waals surface area (Å²) in [7, 11) is 1.58. The molecule has 0 aliphatic carbocycles. The summed E-state index contributed by atoms with van der Waals surface area (Å²) in [5.41, 5.74) is 1.40. The molecule has 0 bridgehead atoms. The van der Waals surface area contributed by atoms with Crippen LogP contribution in [-0.2, 0) is 16.1 Å². The predicted molar refractivity (Wildman–Crippen MR) is 123 cm³/mol. The molecule has 8 nitrogen and oxygen atoms in total. The first-order valence-corrected chi connectivity index (χ1v) is 11.2. The summed E-state index contributed by atoms with van der Waals surface area (Å²) >= 11 is 0. The number of ether oxygens (including phenoxy) is 2. The molecule has 3 rings (SSSR count). The number of pyridine rings is 1. The number of rotatable bonds is 10. The largest absolute Gasteiger partial charge is 0.493 e. The summed E-state index contributed by atoms with van der Waals surface area (Å²) in [6.07, 6.45) is 2.76. The second-order valence-electron chi connectivity index (χ2n) is 7.59. The summed E-state index contributed by atoms with van der Waals surface area (Å²) in [5, 5.41) is 2.92. The van der Waals surface area contributed by atoms with Crippen LogP contribution in [0.1, 0.15) is 38.7 Å². The van der Waals surface area contributed by atoms with Gasteiger partial charge in [0.05, 0.1) is 13.7 Å². The highest BCUT2D eigenvalue weighted by atomic mass is 16.5.